The average molecular weight is 479 g/mol. The van der Waals surface area contributed by atoms with Gasteiger partial charge < -0.3 is 14.9 Å². The smallest absolute Gasteiger partial charge is 0.265 e. The van der Waals surface area contributed by atoms with Crippen LogP contribution >= 0.6 is 23.2 Å². The number of hydrogen-bond acceptors (Lipinski definition) is 4. The molecule has 0 saturated heterocycles. The van der Waals surface area contributed by atoms with Crippen LogP contribution in [0.1, 0.15) is 11.1 Å². The molecule has 0 radical (unpaired) electrons. The zero-order chi connectivity index (χ0) is 23.0. The molecule has 1 amide bonds. The second-order valence-corrected chi connectivity index (χ2v) is 8.02. The minimum absolute atomic E-state index is 0.223. The molecule has 1 N–H and O–H groups in total. The van der Waals surface area contributed by atoms with Crippen LogP contribution in [0.15, 0.2) is 90.1 Å². The first-order valence-electron chi connectivity index (χ1n) is 10.2. The van der Waals surface area contributed by atoms with E-state index < -0.39 is 0 Å². The number of carbonyl (C=O) groups is 1. The van der Waals surface area contributed by atoms with Crippen LogP contribution in [0.2, 0.25) is 10.0 Å². The predicted molar refractivity (Wildman–Crippen MR) is 133 cm³/mol. The van der Waals surface area contributed by atoms with Crippen molar-refractivity contribution in [1.82, 2.24) is 0 Å². The number of fused-ring (bicyclic) bond motifs is 1. The van der Waals surface area contributed by atoms with E-state index in [1.807, 2.05) is 30.3 Å². The number of nitrogens with zero attached hydrogens (tertiary/aromatic N) is 1. The number of hydrogen-bond donors (Lipinski definition) is 1. The molecule has 0 aliphatic heterocycles. The summed E-state index contributed by atoms with van der Waals surface area (Å²) < 4.78 is 5.94. The summed E-state index contributed by atoms with van der Waals surface area (Å²) in [6.07, 6.45) is 1.48. The molecule has 0 fully saturated rings. The van der Waals surface area contributed by atoms with Gasteiger partial charge in [0, 0.05) is 10.7 Å². The lowest BCUT2D eigenvalue weighted by Gasteiger charge is -2.11. The molecule has 0 aliphatic rings. The van der Waals surface area contributed by atoms with Gasteiger partial charge in [0.15, 0.2) is 6.61 Å². The molecule has 0 spiro atoms. The molecule has 5 nitrogen and oxygen atoms in total. The van der Waals surface area contributed by atoms with Gasteiger partial charge in [-0.3, -0.25) is 4.79 Å². The van der Waals surface area contributed by atoms with Gasteiger partial charge in [-0.1, -0.05) is 70.8 Å². The topological polar surface area (TPSA) is 59.9 Å². The molecule has 33 heavy (non-hydrogen) atoms. The SMILES string of the molecule is O=C(CON=Cc1ccc(OCc2cccc3ccccc23)c(Cl)c1)Nc1ccc(Cl)cc1. The van der Waals surface area contributed by atoms with Crippen molar-refractivity contribution in [2.45, 2.75) is 6.61 Å². The van der Waals surface area contributed by atoms with Crippen LogP contribution in [-0.2, 0) is 16.2 Å². The molecular weight excluding hydrogens is 459 g/mol. The number of carbonyl (C=O) groups excluding carboxylic acids is 1. The maximum Gasteiger partial charge on any atom is 0.265 e. The van der Waals surface area contributed by atoms with Crippen LogP contribution in [-0.4, -0.2) is 18.7 Å². The molecule has 0 aromatic heterocycles. The molecule has 4 aromatic carbocycles. The Hall–Kier alpha value is -3.54. The number of amides is 1. The lowest BCUT2D eigenvalue weighted by Crippen LogP contribution is -2.16. The molecule has 0 unspecified atom stereocenters. The summed E-state index contributed by atoms with van der Waals surface area (Å²) in [4.78, 5) is 17.0. The van der Waals surface area contributed by atoms with E-state index in [-0.39, 0.29) is 12.5 Å². The quantitative estimate of drug-likeness (QED) is 0.226. The Morgan fingerprint density at radius 3 is 2.55 bits per heavy atom. The number of benzene rings is 4. The van der Waals surface area contributed by atoms with Crippen molar-refractivity contribution in [3.05, 3.63) is 106 Å². The summed E-state index contributed by atoms with van der Waals surface area (Å²) in [6, 6.07) is 26.4. The fourth-order valence-corrected chi connectivity index (χ4v) is 3.58. The van der Waals surface area contributed by atoms with Crippen molar-refractivity contribution >= 4 is 51.8 Å². The van der Waals surface area contributed by atoms with Crippen LogP contribution in [0.3, 0.4) is 0 Å². The summed E-state index contributed by atoms with van der Waals surface area (Å²) in [5.41, 5.74) is 2.43. The standard InChI is InChI=1S/C26H20Cl2N2O3/c27-21-9-11-22(12-10-21)30-26(31)17-33-29-15-18-8-13-25(24(28)14-18)32-16-20-6-3-5-19-4-1-2-7-23(19)20/h1-15H,16-17H2,(H,30,31). The number of nitrogens with one attached hydrogen (secondary N) is 1. The van der Waals surface area contributed by atoms with E-state index in [0.29, 0.717) is 28.1 Å². The number of ether oxygens (including phenoxy) is 1. The zero-order valence-electron chi connectivity index (χ0n) is 17.5. The van der Waals surface area contributed by atoms with Crippen LogP contribution in [0.4, 0.5) is 5.69 Å². The molecule has 166 valence electrons. The van der Waals surface area contributed by atoms with Crippen molar-refractivity contribution in [2.24, 2.45) is 5.16 Å². The van der Waals surface area contributed by atoms with Crippen molar-refractivity contribution < 1.29 is 14.4 Å². The maximum absolute atomic E-state index is 11.9. The largest absolute Gasteiger partial charge is 0.487 e. The Balaban J connectivity index is 1.29. The molecule has 0 bridgehead atoms. The molecule has 4 aromatic rings. The molecule has 4 rings (SSSR count). The van der Waals surface area contributed by atoms with Gasteiger partial charge in [-0.15, -0.1) is 0 Å². The monoisotopic (exact) mass is 478 g/mol. The maximum atomic E-state index is 11.9. The van der Waals surface area contributed by atoms with Gasteiger partial charge in [-0.2, -0.15) is 0 Å². The zero-order valence-corrected chi connectivity index (χ0v) is 19.0. The summed E-state index contributed by atoms with van der Waals surface area (Å²) >= 11 is 12.2. The van der Waals surface area contributed by atoms with Crippen molar-refractivity contribution in [2.75, 3.05) is 11.9 Å². The third-order valence-electron chi connectivity index (χ3n) is 4.82. The second kappa shape index (κ2) is 10.9. The van der Waals surface area contributed by atoms with Gasteiger partial charge in [-0.05, 0) is 64.4 Å². The van der Waals surface area contributed by atoms with Gasteiger partial charge in [0.25, 0.3) is 5.91 Å². The van der Waals surface area contributed by atoms with Gasteiger partial charge in [0.1, 0.15) is 12.4 Å². The Bertz CT molecular complexity index is 1290. The first kappa shape index (κ1) is 22.6. The van der Waals surface area contributed by atoms with E-state index in [1.165, 1.54) is 6.21 Å². The lowest BCUT2D eigenvalue weighted by atomic mass is 10.1. The van der Waals surface area contributed by atoms with E-state index in [1.54, 1.807) is 36.4 Å². The van der Waals surface area contributed by atoms with E-state index in [4.69, 9.17) is 32.8 Å². The molecule has 0 heterocycles. The van der Waals surface area contributed by atoms with Gasteiger partial charge in [0.05, 0.1) is 11.2 Å². The highest BCUT2D eigenvalue weighted by Crippen LogP contribution is 2.27. The molecule has 7 heteroatoms. The van der Waals surface area contributed by atoms with Crippen LogP contribution in [0.25, 0.3) is 10.8 Å². The van der Waals surface area contributed by atoms with Crippen molar-refractivity contribution in [3.8, 4) is 5.75 Å². The lowest BCUT2D eigenvalue weighted by molar-refractivity contribution is -0.120. The molecule has 0 atom stereocenters. The van der Waals surface area contributed by atoms with Crippen LogP contribution in [0, 0.1) is 0 Å². The normalized spacial score (nSPS) is 11.0. The molecule has 0 saturated carbocycles. The Morgan fingerprint density at radius 1 is 0.939 bits per heavy atom. The van der Waals surface area contributed by atoms with E-state index >= 15 is 0 Å². The van der Waals surface area contributed by atoms with E-state index in [9.17, 15) is 4.79 Å². The number of halogens is 2. The molecular formula is C26H20Cl2N2O3. The van der Waals surface area contributed by atoms with Crippen molar-refractivity contribution in [3.63, 3.8) is 0 Å². The number of rotatable bonds is 8. The van der Waals surface area contributed by atoms with Crippen LogP contribution < -0.4 is 10.1 Å². The average Bonchev–Trinajstić information content (AvgIpc) is 2.83. The summed E-state index contributed by atoms with van der Waals surface area (Å²) in [5, 5.41) is 9.89. The Kier molecular flexibility index (Phi) is 7.45. The minimum Gasteiger partial charge on any atom is -0.487 e. The first-order chi connectivity index (χ1) is 16.1. The third-order valence-corrected chi connectivity index (χ3v) is 5.37. The second-order valence-electron chi connectivity index (χ2n) is 7.18. The highest BCUT2D eigenvalue weighted by atomic mass is 35.5. The molecule has 0 aliphatic carbocycles. The Labute approximate surface area is 201 Å². The van der Waals surface area contributed by atoms with E-state index in [0.717, 1.165) is 21.9 Å². The first-order valence-corrected chi connectivity index (χ1v) is 10.9. The minimum atomic E-state index is -0.329. The van der Waals surface area contributed by atoms with Gasteiger partial charge in [-0.25, -0.2) is 0 Å². The number of oxime groups is 1. The number of anilines is 1. The van der Waals surface area contributed by atoms with Gasteiger partial charge in [0.2, 0.25) is 0 Å². The summed E-state index contributed by atoms with van der Waals surface area (Å²) in [6.45, 7) is 0.180. The highest BCUT2D eigenvalue weighted by molar-refractivity contribution is 6.32. The predicted octanol–water partition coefficient (Wildman–Crippen LogP) is 6.71. The van der Waals surface area contributed by atoms with E-state index in [2.05, 4.69) is 28.7 Å². The van der Waals surface area contributed by atoms with Crippen molar-refractivity contribution in [1.29, 1.82) is 0 Å². The highest BCUT2D eigenvalue weighted by Gasteiger charge is 2.06. The summed E-state index contributed by atoms with van der Waals surface area (Å²) in [5.74, 6) is 0.245. The fourth-order valence-electron chi connectivity index (χ4n) is 3.21. The third kappa shape index (κ3) is 6.25. The fraction of sp³-hybridized carbons (Fsp3) is 0.0769. The van der Waals surface area contributed by atoms with Crippen LogP contribution in [0.5, 0.6) is 5.75 Å². The Morgan fingerprint density at radius 2 is 1.73 bits per heavy atom. The van der Waals surface area contributed by atoms with Gasteiger partial charge >= 0.3 is 0 Å². The summed E-state index contributed by atoms with van der Waals surface area (Å²) in [7, 11) is 0.